The molecule has 0 bridgehead atoms. The molecule has 0 radical (unpaired) electrons. The zero-order chi connectivity index (χ0) is 20.4. The molecule has 0 saturated carbocycles. The lowest BCUT2D eigenvalue weighted by atomic mass is 9.95. The van der Waals surface area contributed by atoms with E-state index < -0.39 is 17.7 Å². The predicted octanol–water partition coefficient (Wildman–Crippen LogP) is 3.63. The molecule has 2 aromatic rings. The molecule has 1 amide bonds. The molecule has 1 unspecified atom stereocenters. The number of likely N-dealkylation sites (N-methyl/N-ethyl adjacent to an activating group) is 1. The van der Waals surface area contributed by atoms with E-state index in [4.69, 9.17) is 11.6 Å². The van der Waals surface area contributed by atoms with E-state index in [1.165, 1.54) is 4.90 Å². The first-order valence-corrected chi connectivity index (χ1v) is 9.43. The van der Waals surface area contributed by atoms with Crippen LogP contribution in [0.15, 0.2) is 54.1 Å². The molecule has 1 N–H and O–H groups in total. The molecule has 1 atom stereocenters. The maximum Gasteiger partial charge on any atom is 0.295 e. The standard InChI is InChI=1S/C22H23ClN2O3/c1-14-4-6-15(7-5-14)19-18(20(26)16-8-10-17(23)11-9-16)21(27)22(28)25(19)13-12-24(2)3/h4-11,19,26H,12-13H2,1-3H3/b20-18+. The summed E-state index contributed by atoms with van der Waals surface area (Å²) in [5, 5.41) is 11.4. The first kappa shape index (κ1) is 20.1. The number of ketones is 1. The maximum absolute atomic E-state index is 12.8. The lowest BCUT2D eigenvalue weighted by molar-refractivity contribution is -0.140. The second-order valence-electron chi connectivity index (χ2n) is 7.21. The number of rotatable bonds is 5. The summed E-state index contributed by atoms with van der Waals surface area (Å²) in [6, 6.07) is 13.6. The van der Waals surface area contributed by atoms with E-state index in [-0.39, 0.29) is 11.3 Å². The number of aliphatic hydroxyl groups is 1. The van der Waals surface area contributed by atoms with E-state index in [0.717, 1.165) is 11.1 Å². The monoisotopic (exact) mass is 398 g/mol. The molecule has 1 aliphatic rings. The minimum atomic E-state index is -0.670. The number of hydrogen-bond donors (Lipinski definition) is 1. The number of nitrogens with zero attached hydrogens (tertiary/aromatic N) is 2. The largest absolute Gasteiger partial charge is 0.507 e. The van der Waals surface area contributed by atoms with Crippen LogP contribution in [0.5, 0.6) is 0 Å². The molecular weight excluding hydrogens is 376 g/mol. The zero-order valence-electron chi connectivity index (χ0n) is 16.1. The summed E-state index contributed by atoms with van der Waals surface area (Å²) in [6.07, 6.45) is 0. The Morgan fingerprint density at radius 3 is 2.25 bits per heavy atom. The van der Waals surface area contributed by atoms with Gasteiger partial charge in [-0.25, -0.2) is 0 Å². The number of carbonyl (C=O) groups is 2. The van der Waals surface area contributed by atoms with Gasteiger partial charge in [-0.2, -0.15) is 0 Å². The number of carbonyl (C=O) groups excluding carboxylic acids is 2. The molecule has 146 valence electrons. The van der Waals surface area contributed by atoms with Crippen LogP contribution in [0.2, 0.25) is 5.02 Å². The van der Waals surface area contributed by atoms with Gasteiger partial charge in [0.1, 0.15) is 5.76 Å². The molecule has 0 aliphatic carbocycles. The van der Waals surface area contributed by atoms with E-state index in [1.54, 1.807) is 24.3 Å². The van der Waals surface area contributed by atoms with Gasteiger partial charge in [-0.1, -0.05) is 41.4 Å². The fraction of sp³-hybridized carbons (Fsp3) is 0.273. The zero-order valence-corrected chi connectivity index (χ0v) is 16.9. The Hall–Kier alpha value is -2.63. The fourth-order valence-electron chi connectivity index (χ4n) is 3.28. The van der Waals surface area contributed by atoms with Gasteiger partial charge in [-0.05, 0) is 50.8 Å². The number of halogens is 1. The Kier molecular flexibility index (Phi) is 5.87. The van der Waals surface area contributed by atoms with Crippen molar-refractivity contribution in [2.45, 2.75) is 13.0 Å². The van der Waals surface area contributed by atoms with Crippen molar-refractivity contribution in [1.29, 1.82) is 0 Å². The third kappa shape index (κ3) is 3.96. The Bertz CT molecular complexity index is 918. The Morgan fingerprint density at radius 2 is 1.68 bits per heavy atom. The molecule has 2 aromatic carbocycles. The summed E-state index contributed by atoms with van der Waals surface area (Å²) in [5.41, 5.74) is 2.42. The van der Waals surface area contributed by atoms with E-state index in [1.807, 2.05) is 50.2 Å². The second-order valence-corrected chi connectivity index (χ2v) is 7.65. The lowest BCUT2D eigenvalue weighted by Crippen LogP contribution is -2.35. The summed E-state index contributed by atoms with van der Waals surface area (Å²) in [5.74, 6) is -1.45. The first-order chi connectivity index (χ1) is 13.3. The van der Waals surface area contributed by atoms with Gasteiger partial charge >= 0.3 is 0 Å². The van der Waals surface area contributed by atoms with E-state index in [2.05, 4.69) is 0 Å². The SMILES string of the molecule is Cc1ccc(C2/C(=C(\O)c3ccc(Cl)cc3)C(=O)C(=O)N2CCN(C)C)cc1. The van der Waals surface area contributed by atoms with Crippen molar-refractivity contribution >= 4 is 29.1 Å². The number of Topliss-reactive ketones (excluding diaryl/α,β-unsaturated/α-hetero) is 1. The highest BCUT2D eigenvalue weighted by Crippen LogP contribution is 2.39. The maximum atomic E-state index is 12.8. The number of aryl methyl sites for hydroxylation is 1. The van der Waals surface area contributed by atoms with Gasteiger partial charge in [0.2, 0.25) is 0 Å². The molecule has 0 aromatic heterocycles. The van der Waals surface area contributed by atoms with Gasteiger partial charge < -0.3 is 14.9 Å². The Labute approximate surface area is 169 Å². The van der Waals surface area contributed by atoms with Crippen LogP contribution in [-0.2, 0) is 9.59 Å². The summed E-state index contributed by atoms with van der Waals surface area (Å²) >= 11 is 5.93. The molecule has 1 heterocycles. The predicted molar refractivity (Wildman–Crippen MR) is 110 cm³/mol. The van der Waals surface area contributed by atoms with Crippen LogP contribution < -0.4 is 0 Å². The third-order valence-electron chi connectivity index (χ3n) is 4.84. The van der Waals surface area contributed by atoms with Crippen molar-refractivity contribution in [3.63, 3.8) is 0 Å². The van der Waals surface area contributed by atoms with E-state index in [0.29, 0.717) is 23.7 Å². The fourth-order valence-corrected chi connectivity index (χ4v) is 3.40. The van der Waals surface area contributed by atoms with Crippen molar-refractivity contribution in [2.75, 3.05) is 27.2 Å². The van der Waals surface area contributed by atoms with Crippen LogP contribution in [0.1, 0.15) is 22.7 Å². The molecule has 28 heavy (non-hydrogen) atoms. The van der Waals surface area contributed by atoms with Gasteiger partial charge in [0.15, 0.2) is 0 Å². The number of amides is 1. The molecule has 0 spiro atoms. The molecule has 3 rings (SSSR count). The molecule has 1 saturated heterocycles. The van der Waals surface area contributed by atoms with Crippen LogP contribution in [-0.4, -0.2) is 53.8 Å². The normalized spacial score (nSPS) is 18.9. The Balaban J connectivity index is 2.13. The average Bonchev–Trinajstić information content (AvgIpc) is 2.91. The molecule has 1 fully saturated rings. The van der Waals surface area contributed by atoms with Gasteiger partial charge in [0.25, 0.3) is 11.7 Å². The smallest absolute Gasteiger partial charge is 0.295 e. The van der Waals surface area contributed by atoms with Crippen molar-refractivity contribution in [3.8, 4) is 0 Å². The highest BCUT2D eigenvalue weighted by molar-refractivity contribution is 6.46. The van der Waals surface area contributed by atoms with Crippen molar-refractivity contribution in [3.05, 3.63) is 75.8 Å². The summed E-state index contributed by atoms with van der Waals surface area (Å²) in [6.45, 7) is 2.96. The van der Waals surface area contributed by atoms with Crippen LogP contribution in [0, 0.1) is 6.92 Å². The molecule has 1 aliphatic heterocycles. The molecular formula is C22H23ClN2O3. The number of aliphatic hydroxyl groups excluding tert-OH is 1. The summed E-state index contributed by atoms with van der Waals surface area (Å²) < 4.78 is 0. The lowest BCUT2D eigenvalue weighted by Gasteiger charge is -2.26. The summed E-state index contributed by atoms with van der Waals surface area (Å²) in [4.78, 5) is 29.1. The summed E-state index contributed by atoms with van der Waals surface area (Å²) in [7, 11) is 3.82. The van der Waals surface area contributed by atoms with Crippen LogP contribution in [0.4, 0.5) is 0 Å². The highest BCUT2D eigenvalue weighted by Gasteiger charge is 2.45. The van der Waals surface area contributed by atoms with Crippen LogP contribution in [0.25, 0.3) is 5.76 Å². The average molecular weight is 399 g/mol. The van der Waals surface area contributed by atoms with Crippen LogP contribution in [0.3, 0.4) is 0 Å². The van der Waals surface area contributed by atoms with Gasteiger partial charge in [0, 0.05) is 23.7 Å². The highest BCUT2D eigenvalue weighted by atomic mass is 35.5. The van der Waals surface area contributed by atoms with E-state index in [9.17, 15) is 14.7 Å². The first-order valence-electron chi connectivity index (χ1n) is 9.05. The minimum absolute atomic E-state index is 0.106. The second kappa shape index (κ2) is 8.17. The minimum Gasteiger partial charge on any atom is -0.507 e. The van der Waals surface area contributed by atoms with E-state index >= 15 is 0 Å². The van der Waals surface area contributed by atoms with Gasteiger partial charge in [0.05, 0.1) is 11.6 Å². The topological polar surface area (TPSA) is 60.9 Å². The van der Waals surface area contributed by atoms with Gasteiger partial charge in [-0.3, -0.25) is 9.59 Å². The Morgan fingerprint density at radius 1 is 1.07 bits per heavy atom. The quantitative estimate of drug-likeness (QED) is 0.474. The van der Waals surface area contributed by atoms with Crippen LogP contribution >= 0.6 is 11.6 Å². The van der Waals surface area contributed by atoms with Crippen molar-refractivity contribution in [1.82, 2.24) is 9.80 Å². The number of hydrogen-bond acceptors (Lipinski definition) is 4. The number of benzene rings is 2. The van der Waals surface area contributed by atoms with Crippen molar-refractivity contribution < 1.29 is 14.7 Å². The molecule has 6 heteroatoms. The molecule has 5 nitrogen and oxygen atoms in total. The number of likely N-dealkylation sites (tertiary alicyclic amines) is 1. The van der Waals surface area contributed by atoms with Crippen molar-refractivity contribution in [2.24, 2.45) is 0 Å². The van der Waals surface area contributed by atoms with Gasteiger partial charge in [-0.15, -0.1) is 0 Å². The third-order valence-corrected chi connectivity index (χ3v) is 5.09.